The molecule has 1 aromatic heterocycles. The maximum atomic E-state index is 14.0. The van der Waals surface area contributed by atoms with Crippen molar-refractivity contribution in [2.75, 3.05) is 0 Å². The van der Waals surface area contributed by atoms with Crippen LogP contribution in [-0.2, 0) is 0 Å². The summed E-state index contributed by atoms with van der Waals surface area (Å²) >= 11 is 6.16. The van der Waals surface area contributed by atoms with Crippen LogP contribution in [0.15, 0.2) is 143 Å². The van der Waals surface area contributed by atoms with Crippen LogP contribution in [0.25, 0.3) is 28.0 Å². The Balaban J connectivity index is 1.28. The second kappa shape index (κ2) is 11.2. The summed E-state index contributed by atoms with van der Waals surface area (Å²) in [6, 6.07) is 41.1. The van der Waals surface area contributed by atoms with E-state index in [-0.39, 0.29) is 17.5 Å². The number of benzene rings is 5. The number of aromatic nitrogens is 2. The molecule has 0 fully saturated rings. The van der Waals surface area contributed by atoms with Gasteiger partial charge in [-0.3, -0.25) is 14.2 Å². The lowest BCUT2D eigenvalue weighted by Crippen LogP contribution is -2.27. The summed E-state index contributed by atoms with van der Waals surface area (Å²) in [6.45, 7) is 0. The fraction of sp³-hybridized carbons (Fsp3) is 0.0556. The Morgan fingerprint density at radius 3 is 2.05 bits per heavy atom. The maximum Gasteiger partial charge on any atom is 0.274 e. The third-order valence-corrected chi connectivity index (χ3v) is 7.91. The van der Waals surface area contributed by atoms with E-state index in [1.54, 1.807) is 39.9 Å². The molecule has 0 N–H and O–H groups in total. The molecule has 0 spiro atoms. The lowest BCUT2D eigenvalue weighted by Gasteiger charge is -2.22. The zero-order chi connectivity index (χ0) is 29.3. The molecule has 0 aliphatic carbocycles. The summed E-state index contributed by atoms with van der Waals surface area (Å²) in [7, 11) is 0. The minimum atomic E-state index is -0.281. The third-order valence-electron chi connectivity index (χ3n) is 7.66. The number of hydrazone groups is 1. The highest BCUT2D eigenvalue weighted by Gasteiger charge is 2.33. The van der Waals surface area contributed by atoms with Gasteiger partial charge in [-0.25, -0.2) is 9.99 Å². The van der Waals surface area contributed by atoms with E-state index in [0.29, 0.717) is 39.4 Å². The maximum absolute atomic E-state index is 14.0. The molecule has 1 aliphatic rings. The Kier molecular flexibility index (Phi) is 6.89. The normalized spacial score (nSPS) is 14.6. The average molecular weight is 581 g/mol. The number of para-hydroxylation sites is 1. The minimum absolute atomic E-state index is 0.178. The van der Waals surface area contributed by atoms with Gasteiger partial charge in [-0.05, 0) is 59.7 Å². The molecule has 7 rings (SSSR count). The first-order valence-electron chi connectivity index (χ1n) is 14.0. The quantitative estimate of drug-likeness (QED) is 0.210. The van der Waals surface area contributed by atoms with E-state index in [1.807, 2.05) is 103 Å². The Bertz CT molecular complexity index is 2040. The van der Waals surface area contributed by atoms with Gasteiger partial charge in [-0.15, -0.1) is 0 Å². The second-order valence-corrected chi connectivity index (χ2v) is 10.8. The lowest BCUT2D eigenvalue weighted by atomic mass is 9.98. The molecule has 1 unspecified atom stereocenters. The molecule has 0 saturated heterocycles. The molecule has 208 valence electrons. The highest BCUT2D eigenvalue weighted by Crippen LogP contribution is 2.34. The summed E-state index contributed by atoms with van der Waals surface area (Å²) < 4.78 is 1.60. The van der Waals surface area contributed by atoms with Crippen molar-refractivity contribution in [3.63, 3.8) is 0 Å². The van der Waals surface area contributed by atoms with Gasteiger partial charge in [0.05, 0.1) is 28.3 Å². The highest BCUT2D eigenvalue weighted by molar-refractivity contribution is 6.30. The van der Waals surface area contributed by atoms with Crippen LogP contribution >= 0.6 is 11.6 Å². The van der Waals surface area contributed by atoms with Crippen LogP contribution in [0.2, 0.25) is 5.02 Å². The molecular weight excluding hydrogens is 556 g/mol. The standard InChI is InChI=1S/C36H25ClN4O2/c37-28-19-15-25(16-20-28)33-23-32(24-9-3-1-4-10-24)39-41(33)35(42)27-17-21-29(22-18-27)40-34(26-11-5-2-6-12-26)38-31-14-8-7-13-30(31)36(40)43/h1-22,33H,23H2. The fourth-order valence-electron chi connectivity index (χ4n) is 5.49. The van der Waals surface area contributed by atoms with Crippen molar-refractivity contribution in [2.24, 2.45) is 5.10 Å². The van der Waals surface area contributed by atoms with Crippen LogP contribution < -0.4 is 5.56 Å². The lowest BCUT2D eigenvalue weighted by molar-refractivity contribution is 0.0711. The van der Waals surface area contributed by atoms with E-state index < -0.39 is 0 Å². The second-order valence-electron chi connectivity index (χ2n) is 10.3. The number of carbonyl (C=O) groups excluding carboxylic acids is 1. The largest absolute Gasteiger partial charge is 0.274 e. The first-order chi connectivity index (χ1) is 21.1. The molecular formula is C36H25ClN4O2. The van der Waals surface area contributed by atoms with Crippen LogP contribution in [0.4, 0.5) is 0 Å². The molecule has 43 heavy (non-hydrogen) atoms. The fourth-order valence-corrected chi connectivity index (χ4v) is 5.61. The van der Waals surface area contributed by atoms with Crippen LogP contribution in [-0.4, -0.2) is 26.2 Å². The molecule has 5 aromatic carbocycles. The van der Waals surface area contributed by atoms with E-state index >= 15 is 0 Å². The predicted octanol–water partition coefficient (Wildman–Crippen LogP) is 7.70. The van der Waals surface area contributed by atoms with Crippen molar-refractivity contribution in [1.29, 1.82) is 0 Å². The topological polar surface area (TPSA) is 67.6 Å². The van der Waals surface area contributed by atoms with Crippen molar-refractivity contribution in [2.45, 2.75) is 12.5 Å². The molecule has 6 aromatic rings. The molecule has 7 heteroatoms. The monoisotopic (exact) mass is 580 g/mol. The zero-order valence-electron chi connectivity index (χ0n) is 23.0. The van der Waals surface area contributed by atoms with Crippen molar-refractivity contribution < 1.29 is 4.79 Å². The molecule has 0 radical (unpaired) electrons. The smallest absolute Gasteiger partial charge is 0.268 e. The van der Waals surface area contributed by atoms with E-state index in [9.17, 15) is 9.59 Å². The van der Waals surface area contributed by atoms with Gasteiger partial charge in [0, 0.05) is 22.6 Å². The SMILES string of the molecule is O=C(c1ccc(-n2c(-c3ccccc3)nc3ccccc3c2=O)cc1)N1N=C(c2ccccc2)CC1c1ccc(Cl)cc1. The van der Waals surface area contributed by atoms with E-state index in [1.165, 1.54) is 0 Å². The van der Waals surface area contributed by atoms with Gasteiger partial charge in [0.1, 0.15) is 5.82 Å². The van der Waals surface area contributed by atoms with Gasteiger partial charge in [-0.1, -0.05) is 96.5 Å². The minimum Gasteiger partial charge on any atom is -0.268 e. The molecule has 6 nitrogen and oxygen atoms in total. The molecule has 1 aliphatic heterocycles. The van der Waals surface area contributed by atoms with Crippen molar-refractivity contribution in [3.05, 3.63) is 166 Å². The Hall–Kier alpha value is -5.33. The van der Waals surface area contributed by atoms with Crippen LogP contribution in [0.3, 0.4) is 0 Å². The van der Waals surface area contributed by atoms with E-state index in [4.69, 9.17) is 21.7 Å². The average Bonchev–Trinajstić information content (AvgIpc) is 3.51. The Morgan fingerprint density at radius 2 is 1.35 bits per heavy atom. The van der Waals surface area contributed by atoms with Gasteiger partial charge < -0.3 is 0 Å². The van der Waals surface area contributed by atoms with Crippen LogP contribution in [0, 0.1) is 0 Å². The highest BCUT2D eigenvalue weighted by atomic mass is 35.5. The Morgan fingerprint density at radius 1 is 0.721 bits per heavy atom. The van der Waals surface area contributed by atoms with Crippen molar-refractivity contribution in [3.8, 4) is 17.1 Å². The third kappa shape index (κ3) is 5.02. The number of rotatable bonds is 5. The summed E-state index contributed by atoms with van der Waals surface area (Å²) in [4.78, 5) is 32.6. The summed E-state index contributed by atoms with van der Waals surface area (Å²) in [6.07, 6.45) is 0.577. The Labute approximate surface area is 253 Å². The number of fused-ring (bicyclic) bond motifs is 1. The first kappa shape index (κ1) is 26.6. The summed E-state index contributed by atoms with van der Waals surface area (Å²) in [5.74, 6) is 0.299. The molecule has 1 atom stereocenters. The predicted molar refractivity (Wildman–Crippen MR) is 171 cm³/mol. The first-order valence-corrected chi connectivity index (χ1v) is 14.3. The number of hydrogen-bond donors (Lipinski definition) is 0. The van der Waals surface area contributed by atoms with Gasteiger partial charge in [0.25, 0.3) is 11.5 Å². The zero-order valence-corrected chi connectivity index (χ0v) is 23.7. The van der Waals surface area contributed by atoms with E-state index in [0.717, 1.165) is 22.4 Å². The van der Waals surface area contributed by atoms with Gasteiger partial charge in [0.2, 0.25) is 0 Å². The number of hydrogen-bond acceptors (Lipinski definition) is 4. The van der Waals surface area contributed by atoms with Gasteiger partial charge in [-0.2, -0.15) is 5.10 Å². The molecule has 1 amide bonds. The number of halogens is 1. The van der Waals surface area contributed by atoms with Crippen molar-refractivity contribution in [1.82, 2.24) is 14.6 Å². The summed E-state index contributed by atoms with van der Waals surface area (Å²) in [5.41, 5.74) is 5.11. The number of carbonyl (C=O) groups is 1. The number of amides is 1. The van der Waals surface area contributed by atoms with Gasteiger partial charge in [0.15, 0.2) is 0 Å². The van der Waals surface area contributed by atoms with E-state index in [2.05, 4.69) is 0 Å². The summed E-state index contributed by atoms with van der Waals surface area (Å²) in [5, 5.41) is 7.51. The molecule has 0 saturated carbocycles. The van der Waals surface area contributed by atoms with Crippen molar-refractivity contribution >= 4 is 34.1 Å². The van der Waals surface area contributed by atoms with Crippen LogP contribution in [0.5, 0.6) is 0 Å². The molecule has 0 bridgehead atoms. The van der Waals surface area contributed by atoms with Crippen LogP contribution in [0.1, 0.15) is 33.9 Å². The van der Waals surface area contributed by atoms with Gasteiger partial charge >= 0.3 is 0 Å². The number of nitrogens with zero attached hydrogens (tertiary/aromatic N) is 4. The molecule has 2 heterocycles.